The van der Waals surface area contributed by atoms with Crippen LogP contribution in [0.15, 0.2) is 4.52 Å². The Labute approximate surface area is 123 Å². The molecule has 1 aromatic rings. The SMILES string of the molecule is CCNC(C)C(C)c1nc(C2SCCSC2C)no1. The second-order valence-corrected chi connectivity index (χ2v) is 7.73. The number of nitrogens with zero attached hydrogens (tertiary/aromatic N) is 2. The highest BCUT2D eigenvalue weighted by Crippen LogP contribution is 2.41. The molecule has 6 heteroatoms. The van der Waals surface area contributed by atoms with Crippen LogP contribution in [0.25, 0.3) is 0 Å². The molecule has 2 rings (SSSR count). The van der Waals surface area contributed by atoms with E-state index in [0.29, 0.717) is 16.5 Å². The van der Waals surface area contributed by atoms with Crippen molar-refractivity contribution in [3.8, 4) is 0 Å². The van der Waals surface area contributed by atoms with Crippen LogP contribution in [0.1, 0.15) is 50.6 Å². The highest BCUT2D eigenvalue weighted by atomic mass is 32.2. The average molecular weight is 301 g/mol. The zero-order valence-corrected chi connectivity index (χ0v) is 13.7. The standard InChI is InChI=1S/C13H23N3OS2/c1-5-14-9(3)8(2)13-15-12(16-17-13)11-10(4)18-6-7-19-11/h8-11,14H,5-7H2,1-4H3. The summed E-state index contributed by atoms with van der Waals surface area (Å²) in [5.74, 6) is 4.27. The summed E-state index contributed by atoms with van der Waals surface area (Å²) in [7, 11) is 0. The van der Waals surface area contributed by atoms with Crippen LogP contribution in [-0.2, 0) is 0 Å². The normalized spacial score (nSPS) is 27.2. The van der Waals surface area contributed by atoms with Crippen molar-refractivity contribution in [3.05, 3.63) is 11.7 Å². The van der Waals surface area contributed by atoms with Gasteiger partial charge in [-0.25, -0.2) is 0 Å². The van der Waals surface area contributed by atoms with Crippen molar-refractivity contribution in [3.63, 3.8) is 0 Å². The third-order valence-electron chi connectivity index (χ3n) is 3.57. The molecule has 4 unspecified atom stereocenters. The zero-order chi connectivity index (χ0) is 13.8. The highest BCUT2D eigenvalue weighted by Gasteiger charge is 2.29. The number of aromatic nitrogens is 2. The molecule has 108 valence electrons. The number of nitrogens with one attached hydrogen (secondary N) is 1. The quantitative estimate of drug-likeness (QED) is 0.902. The molecular weight excluding hydrogens is 278 g/mol. The highest BCUT2D eigenvalue weighted by molar-refractivity contribution is 8.06. The summed E-state index contributed by atoms with van der Waals surface area (Å²) in [4.78, 5) is 4.64. The van der Waals surface area contributed by atoms with Crippen molar-refractivity contribution in [1.29, 1.82) is 0 Å². The van der Waals surface area contributed by atoms with E-state index in [1.54, 1.807) is 0 Å². The van der Waals surface area contributed by atoms with Gasteiger partial charge in [-0.2, -0.15) is 16.7 Å². The Morgan fingerprint density at radius 3 is 2.79 bits per heavy atom. The van der Waals surface area contributed by atoms with Gasteiger partial charge in [-0.05, 0) is 13.5 Å². The van der Waals surface area contributed by atoms with E-state index in [2.05, 4.69) is 43.2 Å². The molecule has 0 radical (unpaired) electrons. The first-order valence-corrected chi connectivity index (χ1v) is 9.03. The summed E-state index contributed by atoms with van der Waals surface area (Å²) in [6, 6.07) is 0.351. The maximum atomic E-state index is 5.47. The van der Waals surface area contributed by atoms with Gasteiger partial charge < -0.3 is 9.84 Å². The molecule has 0 spiro atoms. The van der Waals surface area contributed by atoms with Crippen LogP contribution in [0.2, 0.25) is 0 Å². The fraction of sp³-hybridized carbons (Fsp3) is 0.846. The van der Waals surface area contributed by atoms with E-state index in [1.165, 1.54) is 11.5 Å². The van der Waals surface area contributed by atoms with E-state index in [-0.39, 0.29) is 5.92 Å². The van der Waals surface area contributed by atoms with Gasteiger partial charge in [0.15, 0.2) is 5.82 Å². The summed E-state index contributed by atoms with van der Waals surface area (Å²) in [5, 5.41) is 8.54. The van der Waals surface area contributed by atoms with Crippen molar-refractivity contribution in [2.75, 3.05) is 18.1 Å². The molecule has 1 aromatic heterocycles. The molecule has 1 N–H and O–H groups in total. The topological polar surface area (TPSA) is 51.0 Å². The summed E-state index contributed by atoms with van der Waals surface area (Å²) in [6.45, 7) is 9.61. The van der Waals surface area contributed by atoms with Gasteiger partial charge in [0.25, 0.3) is 0 Å². The van der Waals surface area contributed by atoms with Crippen molar-refractivity contribution in [2.45, 2.75) is 50.2 Å². The van der Waals surface area contributed by atoms with Gasteiger partial charge in [-0.1, -0.05) is 25.9 Å². The van der Waals surface area contributed by atoms with Crippen molar-refractivity contribution in [2.24, 2.45) is 0 Å². The van der Waals surface area contributed by atoms with Crippen LogP contribution in [0.5, 0.6) is 0 Å². The predicted octanol–water partition coefficient (Wildman–Crippen LogP) is 3.08. The van der Waals surface area contributed by atoms with Gasteiger partial charge in [0.1, 0.15) is 0 Å². The van der Waals surface area contributed by atoms with Crippen LogP contribution < -0.4 is 5.32 Å². The van der Waals surface area contributed by atoms with Gasteiger partial charge in [0, 0.05) is 22.8 Å². The van der Waals surface area contributed by atoms with Gasteiger partial charge in [0.2, 0.25) is 5.89 Å². The smallest absolute Gasteiger partial charge is 0.231 e. The molecular formula is C13H23N3OS2. The lowest BCUT2D eigenvalue weighted by Crippen LogP contribution is -2.30. The van der Waals surface area contributed by atoms with Gasteiger partial charge >= 0.3 is 0 Å². The lowest BCUT2D eigenvalue weighted by Gasteiger charge is -2.24. The zero-order valence-electron chi connectivity index (χ0n) is 12.0. The fourth-order valence-electron chi connectivity index (χ4n) is 2.18. The molecule has 1 aliphatic heterocycles. The molecule has 0 bridgehead atoms. The Bertz CT molecular complexity index is 399. The van der Waals surface area contributed by atoms with Gasteiger partial charge in [-0.3, -0.25) is 0 Å². The number of thioether (sulfide) groups is 2. The Balaban J connectivity index is 2.05. The first-order valence-electron chi connectivity index (χ1n) is 6.93. The van der Waals surface area contributed by atoms with E-state index in [0.717, 1.165) is 18.3 Å². The Kier molecular flexibility index (Phi) is 5.59. The Morgan fingerprint density at radius 1 is 1.37 bits per heavy atom. The van der Waals surface area contributed by atoms with Gasteiger partial charge in [-0.15, -0.1) is 11.8 Å². The first kappa shape index (κ1) is 15.2. The molecule has 1 saturated heterocycles. The molecule has 1 aliphatic rings. The third kappa shape index (κ3) is 3.67. The number of likely N-dealkylation sites (N-methyl/N-ethyl adjacent to an activating group) is 1. The lowest BCUT2D eigenvalue weighted by atomic mass is 10.0. The first-order chi connectivity index (χ1) is 9.13. The third-order valence-corrected chi connectivity index (χ3v) is 6.65. The lowest BCUT2D eigenvalue weighted by molar-refractivity contribution is 0.329. The number of rotatable bonds is 5. The molecule has 0 aromatic carbocycles. The molecule has 2 heterocycles. The number of hydrogen-bond donors (Lipinski definition) is 1. The van der Waals surface area contributed by atoms with Crippen LogP contribution in [0.3, 0.4) is 0 Å². The summed E-state index contributed by atoms with van der Waals surface area (Å²) < 4.78 is 5.47. The van der Waals surface area contributed by atoms with Crippen molar-refractivity contribution < 1.29 is 4.52 Å². The van der Waals surface area contributed by atoms with Crippen LogP contribution in [0.4, 0.5) is 0 Å². The molecule has 0 amide bonds. The monoisotopic (exact) mass is 301 g/mol. The van der Waals surface area contributed by atoms with Crippen LogP contribution in [-0.4, -0.2) is 39.5 Å². The molecule has 4 atom stereocenters. The van der Waals surface area contributed by atoms with Gasteiger partial charge in [0.05, 0.1) is 11.2 Å². The molecule has 19 heavy (non-hydrogen) atoms. The van der Waals surface area contributed by atoms with Crippen LogP contribution in [0, 0.1) is 0 Å². The minimum Gasteiger partial charge on any atom is -0.339 e. The summed E-state index contributed by atoms with van der Waals surface area (Å²) in [5.41, 5.74) is 0. The molecule has 4 nitrogen and oxygen atoms in total. The van der Waals surface area contributed by atoms with E-state index in [9.17, 15) is 0 Å². The summed E-state index contributed by atoms with van der Waals surface area (Å²) in [6.07, 6.45) is 0. The second-order valence-electron chi connectivity index (χ2n) is 4.99. The molecule has 0 saturated carbocycles. The largest absolute Gasteiger partial charge is 0.339 e. The van der Waals surface area contributed by atoms with Crippen LogP contribution >= 0.6 is 23.5 Å². The van der Waals surface area contributed by atoms with Crippen molar-refractivity contribution >= 4 is 23.5 Å². The molecule has 0 aliphatic carbocycles. The Hall–Kier alpha value is -0.200. The minimum atomic E-state index is 0.248. The maximum Gasteiger partial charge on any atom is 0.231 e. The molecule has 1 fully saturated rings. The Morgan fingerprint density at radius 2 is 2.11 bits per heavy atom. The maximum absolute atomic E-state index is 5.47. The second kappa shape index (κ2) is 6.99. The number of hydrogen-bond acceptors (Lipinski definition) is 6. The average Bonchev–Trinajstić information content (AvgIpc) is 2.88. The predicted molar refractivity (Wildman–Crippen MR) is 83.0 cm³/mol. The van der Waals surface area contributed by atoms with E-state index in [4.69, 9.17) is 4.52 Å². The van der Waals surface area contributed by atoms with E-state index in [1.807, 2.05) is 23.5 Å². The summed E-state index contributed by atoms with van der Waals surface area (Å²) >= 11 is 3.94. The van der Waals surface area contributed by atoms with E-state index < -0.39 is 0 Å². The minimum absolute atomic E-state index is 0.248. The van der Waals surface area contributed by atoms with E-state index >= 15 is 0 Å². The fourth-order valence-corrected chi connectivity index (χ4v) is 4.86. The van der Waals surface area contributed by atoms with Crippen molar-refractivity contribution in [1.82, 2.24) is 15.5 Å².